The van der Waals surface area contributed by atoms with E-state index in [9.17, 15) is 26.3 Å². The molecule has 0 spiro atoms. The number of alkyl halides is 6. The maximum Gasteiger partial charge on any atom is 0.416 e. The minimum Gasteiger partial charge on any atom is -0.368 e. The molecule has 2 aromatic carbocycles. The van der Waals surface area contributed by atoms with E-state index in [0.717, 1.165) is 91.6 Å². The van der Waals surface area contributed by atoms with Gasteiger partial charge in [-0.25, -0.2) is 15.9 Å². The SMILES string of the molecule is Cc1cccc2cc(CN(Cc3cc(C(F)(F)F)cc(C(F)(F)F)c3)/C(N)=N/N(N)CC3CC3)c(N(CC3CC3)CC3CC3)nc12. The normalized spacial score (nSPS) is 17.4. The fourth-order valence-corrected chi connectivity index (χ4v) is 5.80. The smallest absolute Gasteiger partial charge is 0.368 e. The number of fused-ring (bicyclic) bond motifs is 1. The van der Waals surface area contributed by atoms with Crippen molar-refractivity contribution in [3.63, 3.8) is 0 Å². The summed E-state index contributed by atoms with van der Waals surface area (Å²) in [6.07, 6.45) is -3.39. The molecule has 3 saturated carbocycles. The zero-order valence-corrected chi connectivity index (χ0v) is 25.7. The van der Waals surface area contributed by atoms with Gasteiger partial charge in [-0.3, -0.25) is 0 Å². The zero-order chi connectivity index (χ0) is 32.8. The Balaban J connectivity index is 1.42. The minimum absolute atomic E-state index is 0.0439. The van der Waals surface area contributed by atoms with Gasteiger partial charge in [-0.15, -0.1) is 5.10 Å². The Morgan fingerprint density at radius 1 is 0.826 bits per heavy atom. The summed E-state index contributed by atoms with van der Waals surface area (Å²) in [5, 5.41) is 6.38. The van der Waals surface area contributed by atoms with Gasteiger partial charge in [0.2, 0.25) is 5.96 Å². The van der Waals surface area contributed by atoms with E-state index >= 15 is 0 Å². The third kappa shape index (κ3) is 8.15. The Kier molecular flexibility index (Phi) is 8.73. The monoisotopic (exact) mass is 647 g/mol. The van der Waals surface area contributed by atoms with E-state index in [1.54, 1.807) is 0 Å². The number of hydrogen-bond acceptors (Lipinski definition) is 5. The van der Waals surface area contributed by atoms with Gasteiger partial charge in [0, 0.05) is 37.1 Å². The number of nitrogens with zero attached hydrogens (tertiary/aromatic N) is 5. The van der Waals surface area contributed by atoms with E-state index in [1.807, 2.05) is 31.2 Å². The van der Waals surface area contributed by atoms with Crippen LogP contribution in [0, 0.1) is 24.7 Å². The highest BCUT2D eigenvalue weighted by Gasteiger charge is 2.37. The van der Waals surface area contributed by atoms with Crippen LogP contribution in [0.2, 0.25) is 0 Å². The van der Waals surface area contributed by atoms with Gasteiger partial charge < -0.3 is 15.5 Å². The van der Waals surface area contributed by atoms with Crippen molar-refractivity contribution in [2.24, 2.45) is 34.4 Å². The fourth-order valence-electron chi connectivity index (χ4n) is 5.80. The quantitative estimate of drug-likeness (QED) is 0.0723. The number of anilines is 1. The molecule has 0 atom stereocenters. The summed E-state index contributed by atoms with van der Waals surface area (Å²) in [5.41, 5.74) is 6.11. The number of rotatable bonds is 12. The first-order valence-electron chi connectivity index (χ1n) is 15.8. The van der Waals surface area contributed by atoms with E-state index < -0.39 is 23.5 Å². The molecule has 46 heavy (non-hydrogen) atoms. The van der Waals surface area contributed by atoms with Crippen molar-refractivity contribution >= 4 is 22.7 Å². The molecule has 3 aromatic rings. The van der Waals surface area contributed by atoms with Crippen LogP contribution >= 0.6 is 0 Å². The van der Waals surface area contributed by atoms with Crippen LogP contribution in [0.3, 0.4) is 0 Å². The molecular formula is C33H39F6N7. The molecule has 4 N–H and O–H groups in total. The number of para-hydroxylation sites is 1. The molecule has 0 unspecified atom stereocenters. The standard InChI is InChI=1S/C33H39F6N7/c1-20-3-2-4-25-13-26(30(42-29(20)25)44(15-21-5-6-21)16-22-7-8-22)19-45(31(40)43-46(41)18-23-9-10-23)17-24-11-27(32(34,35)36)14-28(12-24)33(37,38)39/h2-4,11-14,21-23H,5-10,15-19,41H2,1H3,(H2,40,43). The second kappa shape index (κ2) is 12.5. The Hall–Kier alpha value is -3.74. The average molecular weight is 648 g/mol. The van der Waals surface area contributed by atoms with Crippen molar-refractivity contribution in [1.29, 1.82) is 0 Å². The molecule has 1 aromatic heterocycles. The van der Waals surface area contributed by atoms with Gasteiger partial charge in [-0.2, -0.15) is 26.3 Å². The third-order valence-corrected chi connectivity index (χ3v) is 8.83. The minimum atomic E-state index is -4.97. The summed E-state index contributed by atoms with van der Waals surface area (Å²) in [4.78, 5) is 8.93. The summed E-state index contributed by atoms with van der Waals surface area (Å²) in [7, 11) is 0. The molecule has 0 aliphatic heterocycles. The van der Waals surface area contributed by atoms with Crippen LogP contribution < -0.4 is 16.5 Å². The van der Waals surface area contributed by atoms with Crippen LogP contribution in [0.25, 0.3) is 10.9 Å². The Labute approximate surface area is 264 Å². The van der Waals surface area contributed by atoms with Gasteiger partial charge in [-0.05, 0) is 98.6 Å². The summed E-state index contributed by atoms with van der Waals surface area (Å²) in [6.45, 7) is 3.77. The van der Waals surface area contributed by atoms with Crippen molar-refractivity contribution in [2.45, 2.75) is 70.9 Å². The van der Waals surface area contributed by atoms with E-state index in [0.29, 0.717) is 24.3 Å². The van der Waals surface area contributed by atoms with Gasteiger partial charge in [0.1, 0.15) is 5.82 Å². The molecule has 1 heterocycles. The largest absolute Gasteiger partial charge is 0.416 e. The van der Waals surface area contributed by atoms with E-state index in [2.05, 4.69) is 10.0 Å². The van der Waals surface area contributed by atoms with Gasteiger partial charge in [0.25, 0.3) is 0 Å². The first-order chi connectivity index (χ1) is 21.7. The Morgan fingerprint density at radius 3 is 1.93 bits per heavy atom. The van der Waals surface area contributed by atoms with Crippen molar-refractivity contribution in [3.05, 3.63) is 70.3 Å². The molecule has 7 nitrogen and oxygen atoms in total. The fraction of sp³-hybridized carbons (Fsp3) is 0.515. The highest BCUT2D eigenvalue weighted by Crippen LogP contribution is 2.39. The highest BCUT2D eigenvalue weighted by molar-refractivity contribution is 5.85. The van der Waals surface area contributed by atoms with Crippen molar-refractivity contribution in [3.8, 4) is 0 Å². The molecule has 3 aliphatic carbocycles. The molecule has 3 fully saturated rings. The lowest BCUT2D eigenvalue weighted by Gasteiger charge is -2.30. The lowest BCUT2D eigenvalue weighted by molar-refractivity contribution is -0.143. The zero-order valence-electron chi connectivity index (χ0n) is 25.7. The molecule has 3 aliphatic rings. The number of aromatic nitrogens is 1. The second-order valence-corrected chi connectivity index (χ2v) is 13.2. The number of hydrogen-bond donors (Lipinski definition) is 2. The van der Waals surface area contributed by atoms with E-state index in [1.165, 1.54) is 10.0 Å². The van der Waals surface area contributed by atoms with Gasteiger partial charge >= 0.3 is 12.4 Å². The molecule has 6 rings (SSSR count). The topological polar surface area (TPSA) is 87.0 Å². The van der Waals surface area contributed by atoms with E-state index in [4.69, 9.17) is 16.6 Å². The lowest BCUT2D eigenvalue weighted by atomic mass is 10.0. The van der Waals surface area contributed by atoms with Gasteiger partial charge in [0.05, 0.1) is 23.2 Å². The van der Waals surface area contributed by atoms with Crippen LogP contribution in [-0.2, 0) is 25.4 Å². The number of halogens is 6. The third-order valence-electron chi connectivity index (χ3n) is 8.83. The van der Waals surface area contributed by atoms with E-state index in [-0.39, 0.29) is 30.7 Å². The second-order valence-electron chi connectivity index (χ2n) is 13.2. The molecule has 0 amide bonds. The average Bonchev–Trinajstić information content (AvgIpc) is 3.80. The molecule has 0 saturated heterocycles. The number of benzene rings is 2. The molecule has 0 radical (unpaired) electrons. The Bertz CT molecular complexity index is 1550. The first-order valence-corrected chi connectivity index (χ1v) is 15.8. The summed E-state index contributed by atoms with van der Waals surface area (Å²) >= 11 is 0. The number of guanidine groups is 1. The van der Waals surface area contributed by atoms with Crippen molar-refractivity contribution < 1.29 is 26.3 Å². The maximum atomic E-state index is 13.8. The summed E-state index contributed by atoms with van der Waals surface area (Å²) < 4.78 is 82.5. The summed E-state index contributed by atoms with van der Waals surface area (Å²) in [5.74, 6) is 8.24. The van der Waals surface area contributed by atoms with Crippen LogP contribution in [0.1, 0.15) is 66.3 Å². The number of hydrazone groups is 1. The van der Waals surface area contributed by atoms with Crippen LogP contribution in [0.4, 0.5) is 32.2 Å². The number of pyridine rings is 1. The molecule has 13 heteroatoms. The number of nitrogens with two attached hydrogens (primary N) is 2. The molecular weight excluding hydrogens is 608 g/mol. The van der Waals surface area contributed by atoms with Crippen LogP contribution in [0.15, 0.2) is 47.6 Å². The predicted octanol–water partition coefficient (Wildman–Crippen LogP) is 7.02. The first kappa shape index (κ1) is 32.2. The van der Waals surface area contributed by atoms with Crippen LogP contribution in [0.5, 0.6) is 0 Å². The van der Waals surface area contributed by atoms with Gasteiger partial charge in [0.15, 0.2) is 0 Å². The van der Waals surface area contributed by atoms with Crippen molar-refractivity contribution in [1.82, 2.24) is 15.0 Å². The van der Waals surface area contributed by atoms with Crippen molar-refractivity contribution in [2.75, 3.05) is 24.5 Å². The predicted molar refractivity (Wildman–Crippen MR) is 165 cm³/mol. The number of hydrazine groups is 1. The highest BCUT2D eigenvalue weighted by atomic mass is 19.4. The molecule has 248 valence electrons. The molecule has 0 bridgehead atoms. The lowest BCUT2D eigenvalue weighted by Crippen LogP contribution is -2.41. The van der Waals surface area contributed by atoms with Crippen LogP contribution in [-0.4, -0.2) is 40.6 Å². The summed E-state index contributed by atoms with van der Waals surface area (Å²) in [6, 6.07) is 9.44. The Morgan fingerprint density at radius 2 is 1.39 bits per heavy atom. The maximum absolute atomic E-state index is 13.8. The van der Waals surface area contributed by atoms with Gasteiger partial charge in [-0.1, -0.05) is 18.2 Å². The number of aryl methyl sites for hydroxylation is 1.